The Bertz CT molecular complexity index is 437. The van der Waals surface area contributed by atoms with Gasteiger partial charge in [0.15, 0.2) is 0 Å². The first-order valence-electron chi connectivity index (χ1n) is 5.78. The number of anilines is 2. The quantitative estimate of drug-likeness (QED) is 0.485. The van der Waals surface area contributed by atoms with Gasteiger partial charge >= 0.3 is 0 Å². The van der Waals surface area contributed by atoms with Crippen LogP contribution in [0.2, 0.25) is 0 Å². The lowest BCUT2D eigenvalue weighted by atomic mass is 10.0. The summed E-state index contributed by atoms with van der Waals surface area (Å²) in [5.74, 6) is 1.29. The van der Waals surface area contributed by atoms with Gasteiger partial charge in [-0.05, 0) is 24.0 Å². The molecule has 1 aromatic carbocycles. The van der Waals surface area contributed by atoms with Gasteiger partial charge in [0.2, 0.25) is 0 Å². The molecule has 0 amide bonds. The molecule has 1 aliphatic rings. The topological polar surface area (TPSA) is 72.4 Å². The van der Waals surface area contributed by atoms with Crippen LogP contribution in [0, 0.1) is 22.0 Å². The van der Waals surface area contributed by atoms with Crippen molar-refractivity contribution in [2.75, 3.05) is 23.7 Å². The van der Waals surface area contributed by atoms with E-state index in [0.717, 1.165) is 18.8 Å². The average Bonchev–Trinajstić information content (AvgIpc) is 2.58. The number of benzene rings is 1. The number of nitro groups is 1. The Labute approximate surface area is 100 Å². The molecule has 0 saturated carbocycles. The fourth-order valence-corrected chi connectivity index (χ4v) is 2.25. The summed E-state index contributed by atoms with van der Waals surface area (Å²) in [5, 5.41) is 10.7. The molecule has 17 heavy (non-hydrogen) atoms. The van der Waals surface area contributed by atoms with Gasteiger partial charge in [0, 0.05) is 24.8 Å². The first-order valence-corrected chi connectivity index (χ1v) is 5.78. The molecular weight excluding hydrogens is 218 g/mol. The highest BCUT2D eigenvalue weighted by atomic mass is 16.6. The van der Waals surface area contributed by atoms with Crippen LogP contribution in [0.25, 0.3) is 0 Å². The van der Waals surface area contributed by atoms with Crippen LogP contribution < -0.4 is 10.6 Å². The summed E-state index contributed by atoms with van der Waals surface area (Å²) in [4.78, 5) is 12.5. The lowest BCUT2D eigenvalue weighted by molar-refractivity contribution is -0.383. The number of hydrogen-bond acceptors (Lipinski definition) is 4. The first kappa shape index (κ1) is 11.7. The number of nitrogens with zero attached hydrogens (tertiary/aromatic N) is 2. The van der Waals surface area contributed by atoms with Crippen LogP contribution in [0.4, 0.5) is 17.1 Å². The van der Waals surface area contributed by atoms with Crippen molar-refractivity contribution >= 4 is 17.1 Å². The van der Waals surface area contributed by atoms with Gasteiger partial charge in [-0.2, -0.15) is 0 Å². The molecule has 92 valence electrons. The molecule has 0 radical (unpaired) electrons. The van der Waals surface area contributed by atoms with E-state index in [9.17, 15) is 10.1 Å². The number of rotatable bonds is 2. The Morgan fingerprint density at radius 3 is 2.41 bits per heavy atom. The van der Waals surface area contributed by atoms with Gasteiger partial charge in [-0.15, -0.1) is 0 Å². The number of nitrogen functional groups attached to an aromatic ring is 1. The standard InChI is InChI=1S/C12H17N3O2/c1-8-6-14(7-9(8)2)10-3-4-12(15(16)17)11(13)5-10/h3-5,8-9H,6-7,13H2,1-2H3. The summed E-state index contributed by atoms with van der Waals surface area (Å²) in [6.45, 7) is 6.41. The number of hydrogen-bond donors (Lipinski definition) is 1. The van der Waals surface area contributed by atoms with Crippen LogP contribution in [0.5, 0.6) is 0 Å². The average molecular weight is 235 g/mol. The zero-order chi connectivity index (χ0) is 12.6. The molecular formula is C12H17N3O2. The molecule has 0 spiro atoms. The van der Waals surface area contributed by atoms with Gasteiger partial charge in [0.1, 0.15) is 5.69 Å². The Balaban J connectivity index is 2.24. The second-order valence-electron chi connectivity index (χ2n) is 4.86. The van der Waals surface area contributed by atoms with Gasteiger partial charge < -0.3 is 10.6 Å². The van der Waals surface area contributed by atoms with Crippen molar-refractivity contribution in [3.8, 4) is 0 Å². The second-order valence-corrected chi connectivity index (χ2v) is 4.86. The Morgan fingerprint density at radius 1 is 1.35 bits per heavy atom. The van der Waals surface area contributed by atoms with Crippen molar-refractivity contribution in [2.24, 2.45) is 11.8 Å². The highest BCUT2D eigenvalue weighted by Gasteiger charge is 2.26. The van der Waals surface area contributed by atoms with E-state index in [1.54, 1.807) is 12.1 Å². The SMILES string of the molecule is CC1CN(c2ccc([N+](=O)[O-])c(N)c2)CC1C. The van der Waals surface area contributed by atoms with E-state index in [2.05, 4.69) is 18.7 Å². The highest BCUT2D eigenvalue weighted by molar-refractivity contribution is 5.66. The smallest absolute Gasteiger partial charge is 0.292 e. The van der Waals surface area contributed by atoms with Gasteiger partial charge in [-0.25, -0.2) is 0 Å². The lowest BCUT2D eigenvalue weighted by Crippen LogP contribution is -2.19. The molecule has 2 N–H and O–H groups in total. The molecule has 1 saturated heterocycles. The number of nitrogens with two attached hydrogens (primary N) is 1. The van der Waals surface area contributed by atoms with Crippen LogP contribution in [-0.2, 0) is 0 Å². The summed E-state index contributed by atoms with van der Waals surface area (Å²) in [6, 6.07) is 4.96. The molecule has 1 aliphatic heterocycles. The second kappa shape index (κ2) is 4.24. The van der Waals surface area contributed by atoms with Crippen molar-refractivity contribution in [2.45, 2.75) is 13.8 Å². The van der Waals surface area contributed by atoms with Crippen LogP contribution in [0.3, 0.4) is 0 Å². The van der Waals surface area contributed by atoms with E-state index in [4.69, 9.17) is 5.73 Å². The molecule has 1 heterocycles. The Kier molecular flexibility index (Phi) is 2.92. The summed E-state index contributed by atoms with van der Waals surface area (Å²) in [5.41, 5.74) is 6.88. The molecule has 0 aromatic heterocycles. The molecule has 2 rings (SSSR count). The Hall–Kier alpha value is -1.78. The van der Waals surface area contributed by atoms with E-state index < -0.39 is 4.92 Å². The monoisotopic (exact) mass is 235 g/mol. The van der Waals surface area contributed by atoms with E-state index in [1.807, 2.05) is 0 Å². The van der Waals surface area contributed by atoms with Crippen molar-refractivity contribution in [1.82, 2.24) is 0 Å². The zero-order valence-corrected chi connectivity index (χ0v) is 10.1. The van der Waals surface area contributed by atoms with Gasteiger partial charge in [-0.3, -0.25) is 10.1 Å². The fraction of sp³-hybridized carbons (Fsp3) is 0.500. The predicted octanol–water partition coefficient (Wildman–Crippen LogP) is 2.27. The van der Waals surface area contributed by atoms with E-state index >= 15 is 0 Å². The summed E-state index contributed by atoms with van der Waals surface area (Å²) < 4.78 is 0. The Morgan fingerprint density at radius 2 is 1.94 bits per heavy atom. The van der Waals surface area contributed by atoms with E-state index in [1.165, 1.54) is 6.07 Å². The predicted molar refractivity (Wildman–Crippen MR) is 68.0 cm³/mol. The fourth-order valence-electron chi connectivity index (χ4n) is 2.25. The van der Waals surface area contributed by atoms with Crippen molar-refractivity contribution < 1.29 is 4.92 Å². The molecule has 2 unspecified atom stereocenters. The largest absolute Gasteiger partial charge is 0.393 e. The lowest BCUT2D eigenvalue weighted by Gasteiger charge is -2.18. The molecule has 2 atom stereocenters. The summed E-state index contributed by atoms with van der Waals surface area (Å²) in [6.07, 6.45) is 0. The third-order valence-electron chi connectivity index (χ3n) is 3.56. The normalized spacial score (nSPS) is 24.0. The van der Waals surface area contributed by atoms with Crippen molar-refractivity contribution in [1.29, 1.82) is 0 Å². The molecule has 0 aliphatic carbocycles. The molecule has 1 aromatic rings. The van der Waals surface area contributed by atoms with Gasteiger partial charge in [-0.1, -0.05) is 13.8 Å². The minimum atomic E-state index is -0.450. The van der Waals surface area contributed by atoms with E-state index in [0.29, 0.717) is 11.8 Å². The molecule has 1 fully saturated rings. The van der Waals surface area contributed by atoms with E-state index in [-0.39, 0.29) is 11.4 Å². The maximum atomic E-state index is 10.7. The highest BCUT2D eigenvalue weighted by Crippen LogP contribution is 2.31. The third-order valence-corrected chi connectivity index (χ3v) is 3.56. The minimum absolute atomic E-state index is 0.0194. The summed E-state index contributed by atoms with van der Waals surface area (Å²) >= 11 is 0. The minimum Gasteiger partial charge on any atom is -0.393 e. The molecule has 5 heteroatoms. The van der Waals surface area contributed by atoms with Crippen LogP contribution >= 0.6 is 0 Å². The maximum Gasteiger partial charge on any atom is 0.292 e. The van der Waals surface area contributed by atoms with Crippen LogP contribution in [-0.4, -0.2) is 18.0 Å². The van der Waals surface area contributed by atoms with Gasteiger partial charge in [0.25, 0.3) is 5.69 Å². The third kappa shape index (κ3) is 2.18. The summed E-state index contributed by atoms with van der Waals surface area (Å²) in [7, 11) is 0. The zero-order valence-electron chi connectivity index (χ0n) is 10.1. The molecule has 5 nitrogen and oxygen atoms in total. The van der Waals surface area contributed by atoms with Crippen molar-refractivity contribution in [3.63, 3.8) is 0 Å². The first-order chi connectivity index (χ1) is 7.99. The maximum absolute atomic E-state index is 10.7. The van der Waals surface area contributed by atoms with Crippen LogP contribution in [0.1, 0.15) is 13.8 Å². The molecule has 0 bridgehead atoms. The van der Waals surface area contributed by atoms with Crippen molar-refractivity contribution in [3.05, 3.63) is 28.3 Å². The number of nitro benzene ring substituents is 1. The van der Waals surface area contributed by atoms with Crippen LogP contribution in [0.15, 0.2) is 18.2 Å². The van der Waals surface area contributed by atoms with Gasteiger partial charge in [0.05, 0.1) is 4.92 Å².